The summed E-state index contributed by atoms with van der Waals surface area (Å²) in [6.45, 7) is 2.01. The summed E-state index contributed by atoms with van der Waals surface area (Å²) in [4.78, 5) is 40.0. The number of hydrogen-bond donors (Lipinski definition) is 4. The third-order valence-electron chi connectivity index (χ3n) is 5.46. The summed E-state index contributed by atoms with van der Waals surface area (Å²) in [5.74, 6) is -2.17. The zero-order valence-corrected chi connectivity index (χ0v) is 17.1. The first kappa shape index (κ1) is 21.2. The topological polar surface area (TPSA) is 111 Å². The van der Waals surface area contributed by atoms with E-state index < -0.39 is 24.0 Å². The smallest absolute Gasteiger partial charge is 0.308 e. The van der Waals surface area contributed by atoms with Crippen molar-refractivity contribution in [3.05, 3.63) is 35.0 Å². The van der Waals surface area contributed by atoms with Crippen LogP contribution in [0, 0.1) is 5.92 Å². The molecule has 2 amide bonds. The molecule has 1 saturated carbocycles. The van der Waals surface area contributed by atoms with Crippen LogP contribution in [0.15, 0.2) is 24.3 Å². The number of halogens is 1. The van der Waals surface area contributed by atoms with Crippen LogP contribution in [-0.2, 0) is 9.59 Å². The average Bonchev–Trinajstić information content (AvgIpc) is 3.31. The molecule has 0 saturated heterocycles. The lowest BCUT2D eigenvalue weighted by atomic mass is 10.0. The van der Waals surface area contributed by atoms with Crippen molar-refractivity contribution in [3.63, 3.8) is 0 Å². The van der Waals surface area contributed by atoms with Crippen molar-refractivity contribution in [1.82, 2.24) is 15.6 Å². The van der Waals surface area contributed by atoms with Gasteiger partial charge in [0.15, 0.2) is 0 Å². The Balaban J connectivity index is 1.70. The first-order chi connectivity index (χ1) is 13.9. The number of fused-ring (bicyclic) bond motifs is 1. The number of nitrogens with one attached hydrogen (secondary N) is 3. The maximum atomic E-state index is 12.8. The zero-order chi connectivity index (χ0) is 21.0. The molecule has 0 radical (unpaired) electrons. The lowest BCUT2D eigenvalue weighted by Crippen LogP contribution is -2.51. The summed E-state index contributed by atoms with van der Waals surface area (Å²) in [6.07, 6.45) is 4.11. The maximum absolute atomic E-state index is 12.8. The van der Waals surface area contributed by atoms with E-state index in [9.17, 15) is 19.5 Å². The van der Waals surface area contributed by atoms with Gasteiger partial charge in [0.1, 0.15) is 11.7 Å². The van der Waals surface area contributed by atoms with Crippen LogP contribution in [0.1, 0.15) is 55.9 Å². The molecule has 1 heterocycles. The molecule has 7 nitrogen and oxygen atoms in total. The Morgan fingerprint density at radius 1 is 1.28 bits per heavy atom. The number of rotatable bonds is 8. The summed E-state index contributed by atoms with van der Waals surface area (Å²) in [5, 5.41) is 16.4. The molecule has 8 heteroatoms. The number of carbonyl (C=O) groups is 3. The molecule has 1 aromatic carbocycles. The number of carboxylic acid groups (broad SMARTS) is 1. The van der Waals surface area contributed by atoms with Gasteiger partial charge < -0.3 is 20.7 Å². The van der Waals surface area contributed by atoms with Gasteiger partial charge in [-0.05, 0) is 43.5 Å². The van der Waals surface area contributed by atoms with Crippen molar-refractivity contribution in [3.8, 4) is 0 Å². The Bertz CT molecular complexity index is 910. The summed E-state index contributed by atoms with van der Waals surface area (Å²) >= 11 is 6.00. The SMILES string of the molecule is CCCC[C@H](NC(=O)c1cc2cc(Cl)ccc2[nH]1)C(=O)N[C@H]1CCC[C@H]1C(=O)O. The van der Waals surface area contributed by atoms with Crippen LogP contribution >= 0.6 is 11.6 Å². The molecular weight excluding hydrogens is 394 g/mol. The molecule has 3 atom stereocenters. The van der Waals surface area contributed by atoms with Crippen LogP contribution in [0.3, 0.4) is 0 Å². The van der Waals surface area contributed by atoms with Crippen LogP contribution in [0.5, 0.6) is 0 Å². The molecule has 1 aromatic heterocycles. The van der Waals surface area contributed by atoms with E-state index in [-0.39, 0.29) is 11.8 Å². The highest BCUT2D eigenvalue weighted by Crippen LogP contribution is 2.26. The molecule has 0 unspecified atom stereocenters. The molecule has 1 fully saturated rings. The number of hydrogen-bond acceptors (Lipinski definition) is 3. The number of H-pyrrole nitrogens is 1. The van der Waals surface area contributed by atoms with Gasteiger partial charge in [-0.3, -0.25) is 14.4 Å². The highest BCUT2D eigenvalue weighted by atomic mass is 35.5. The van der Waals surface area contributed by atoms with Gasteiger partial charge in [0.2, 0.25) is 5.91 Å². The van der Waals surface area contributed by atoms with Gasteiger partial charge in [-0.1, -0.05) is 37.8 Å². The summed E-state index contributed by atoms with van der Waals surface area (Å²) < 4.78 is 0. The average molecular weight is 420 g/mol. The summed E-state index contributed by atoms with van der Waals surface area (Å²) in [7, 11) is 0. The van der Waals surface area contributed by atoms with Crippen molar-refractivity contribution in [2.24, 2.45) is 5.92 Å². The van der Waals surface area contributed by atoms with Crippen LogP contribution in [0.2, 0.25) is 5.02 Å². The Kier molecular flexibility index (Phi) is 6.79. The highest BCUT2D eigenvalue weighted by Gasteiger charge is 2.35. The molecule has 0 spiro atoms. The fraction of sp³-hybridized carbons (Fsp3) is 0.476. The molecule has 3 rings (SSSR count). The maximum Gasteiger partial charge on any atom is 0.308 e. The van der Waals surface area contributed by atoms with Gasteiger partial charge >= 0.3 is 5.97 Å². The van der Waals surface area contributed by atoms with Gasteiger partial charge in [-0.15, -0.1) is 0 Å². The van der Waals surface area contributed by atoms with Gasteiger partial charge in [-0.25, -0.2) is 0 Å². The number of aliphatic carboxylic acids is 1. The predicted molar refractivity (Wildman–Crippen MR) is 111 cm³/mol. The lowest BCUT2D eigenvalue weighted by molar-refractivity contribution is -0.142. The number of benzene rings is 1. The lowest BCUT2D eigenvalue weighted by Gasteiger charge is -2.23. The highest BCUT2D eigenvalue weighted by molar-refractivity contribution is 6.31. The minimum absolute atomic E-state index is 0.330. The van der Waals surface area contributed by atoms with Crippen molar-refractivity contribution in [2.75, 3.05) is 0 Å². The third kappa shape index (κ3) is 5.09. The molecule has 156 valence electrons. The van der Waals surface area contributed by atoms with E-state index in [1.807, 2.05) is 6.92 Å². The quantitative estimate of drug-likeness (QED) is 0.524. The van der Waals surface area contributed by atoms with E-state index in [1.54, 1.807) is 24.3 Å². The van der Waals surface area contributed by atoms with E-state index in [4.69, 9.17) is 11.6 Å². The second-order valence-corrected chi connectivity index (χ2v) is 8.01. The largest absolute Gasteiger partial charge is 0.481 e. The Morgan fingerprint density at radius 2 is 2.07 bits per heavy atom. The predicted octanol–water partition coefficient (Wildman–Crippen LogP) is 3.48. The summed E-state index contributed by atoms with van der Waals surface area (Å²) in [6, 6.07) is 5.88. The molecule has 0 bridgehead atoms. The first-order valence-electron chi connectivity index (χ1n) is 10.0. The molecule has 0 aliphatic heterocycles. The molecule has 1 aliphatic rings. The minimum atomic E-state index is -0.890. The standard InChI is InChI=1S/C21H26ClN3O4/c1-2-3-6-17(19(26)24-16-7-4-5-14(16)21(28)29)25-20(27)18-11-12-10-13(22)8-9-15(12)23-18/h8-11,14,16-17,23H,2-7H2,1H3,(H,24,26)(H,25,27)(H,28,29)/t14-,16+,17+/m1/s1. The monoisotopic (exact) mass is 419 g/mol. The number of unbranched alkanes of at least 4 members (excludes halogenated alkanes) is 1. The molecule has 29 heavy (non-hydrogen) atoms. The molecule has 2 aromatic rings. The number of carbonyl (C=O) groups excluding carboxylic acids is 2. The number of aromatic amines is 1. The fourth-order valence-electron chi connectivity index (χ4n) is 3.85. The van der Waals surface area contributed by atoms with E-state index in [2.05, 4.69) is 15.6 Å². The van der Waals surface area contributed by atoms with Crippen LogP contribution in [0.4, 0.5) is 0 Å². The first-order valence-corrected chi connectivity index (χ1v) is 10.4. The normalized spacial score (nSPS) is 19.8. The van der Waals surface area contributed by atoms with Crippen molar-refractivity contribution < 1.29 is 19.5 Å². The van der Waals surface area contributed by atoms with Crippen LogP contribution in [0.25, 0.3) is 10.9 Å². The van der Waals surface area contributed by atoms with Crippen molar-refractivity contribution in [1.29, 1.82) is 0 Å². The number of aromatic nitrogens is 1. The van der Waals surface area contributed by atoms with Crippen molar-refractivity contribution >= 4 is 40.3 Å². The van der Waals surface area contributed by atoms with Crippen molar-refractivity contribution in [2.45, 2.75) is 57.5 Å². The van der Waals surface area contributed by atoms with Crippen LogP contribution < -0.4 is 10.6 Å². The molecular formula is C21H26ClN3O4. The van der Waals surface area contributed by atoms with Crippen LogP contribution in [-0.4, -0.2) is 40.0 Å². The minimum Gasteiger partial charge on any atom is -0.481 e. The second kappa shape index (κ2) is 9.31. The van der Waals surface area contributed by atoms with Gasteiger partial charge in [-0.2, -0.15) is 0 Å². The zero-order valence-electron chi connectivity index (χ0n) is 16.3. The Morgan fingerprint density at radius 3 is 2.79 bits per heavy atom. The fourth-order valence-corrected chi connectivity index (χ4v) is 4.03. The van der Waals surface area contributed by atoms with E-state index in [0.29, 0.717) is 30.0 Å². The number of carboxylic acids is 1. The second-order valence-electron chi connectivity index (χ2n) is 7.57. The third-order valence-corrected chi connectivity index (χ3v) is 5.69. The Hall–Kier alpha value is -2.54. The number of amides is 2. The van der Waals surface area contributed by atoms with Gasteiger partial charge in [0.05, 0.1) is 5.92 Å². The Labute approximate surface area is 174 Å². The van der Waals surface area contributed by atoms with Gasteiger partial charge in [0, 0.05) is 22.0 Å². The van der Waals surface area contributed by atoms with E-state index in [0.717, 1.165) is 30.2 Å². The van der Waals surface area contributed by atoms with E-state index >= 15 is 0 Å². The van der Waals surface area contributed by atoms with E-state index in [1.165, 1.54) is 0 Å². The van der Waals surface area contributed by atoms with Gasteiger partial charge in [0.25, 0.3) is 5.91 Å². The summed E-state index contributed by atoms with van der Waals surface area (Å²) in [5.41, 5.74) is 1.13. The molecule has 1 aliphatic carbocycles. The molecule has 4 N–H and O–H groups in total.